The number of guanidine groups is 1. The number of nitrogens with zero attached hydrogens (tertiary/aromatic N) is 5. The van der Waals surface area contributed by atoms with Crippen molar-refractivity contribution in [2.75, 3.05) is 13.1 Å². The van der Waals surface area contributed by atoms with E-state index in [2.05, 4.69) is 32.7 Å². The van der Waals surface area contributed by atoms with E-state index in [1.807, 2.05) is 34.7 Å². The van der Waals surface area contributed by atoms with Crippen molar-refractivity contribution >= 4 is 5.96 Å². The van der Waals surface area contributed by atoms with Crippen LogP contribution in [0.2, 0.25) is 0 Å². The van der Waals surface area contributed by atoms with Crippen LogP contribution >= 0.6 is 0 Å². The molecule has 2 rings (SSSR count). The Morgan fingerprint density at radius 1 is 1.29 bits per heavy atom. The Hall–Kier alpha value is -2.31. The Morgan fingerprint density at radius 3 is 2.86 bits per heavy atom. The zero-order chi connectivity index (χ0) is 14.9. The lowest BCUT2D eigenvalue weighted by Crippen LogP contribution is -2.38. The van der Waals surface area contributed by atoms with Crippen LogP contribution in [0, 0.1) is 0 Å². The highest BCUT2D eigenvalue weighted by atomic mass is 15.3. The van der Waals surface area contributed by atoms with Gasteiger partial charge in [0, 0.05) is 45.3 Å². The number of aromatic nitrogens is 4. The van der Waals surface area contributed by atoms with Crippen molar-refractivity contribution in [2.45, 2.75) is 26.4 Å². The third kappa shape index (κ3) is 4.94. The summed E-state index contributed by atoms with van der Waals surface area (Å²) in [6, 6.07) is 3.91. The Balaban J connectivity index is 1.77. The van der Waals surface area contributed by atoms with E-state index in [0.717, 1.165) is 37.7 Å². The average Bonchev–Trinajstić information content (AvgIpc) is 3.12. The molecule has 114 valence electrons. The lowest BCUT2D eigenvalue weighted by Gasteiger charge is -2.11. The lowest BCUT2D eigenvalue weighted by atomic mass is 10.4. The predicted octanol–water partition coefficient (Wildman–Crippen LogP) is 0.762. The summed E-state index contributed by atoms with van der Waals surface area (Å²) < 4.78 is 3.77. The molecular weight excluding hydrogens is 266 g/mol. The van der Waals surface area contributed by atoms with Crippen LogP contribution in [0.15, 0.2) is 35.7 Å². The van der Waals surface area contributed by atoms with E-state index in [4.69, 9.17) is 0 Å². The third-order valence-electron chi connectivity index (χ3n) is 3.08. The summed E-state index contributed by atoms with van der Waals surface area (Å²) in [6.45, 7) is 5.28. The van der Waals surface area contributed by atoms with E-state index in [0.29, 0.717) is 6.54 Å². The summed E-state index contributed by atoms with van der Waals surface area (Å²) in [7, 11) is 1.93. The Morgan fingerprint density at radius 2 is 2.19 bits per heavy atom. The SMILES string of the molecule is CCNC(=NCc1ccnn1C)NCCCn1cccn1. The van der Waals surface area contributed by atoms with Crippen LogP contribution in [0.5, 0.6) is 0 Å². The molecule has 0 aliphatic heterocycles. The molecule has 2 N–H and O–H groups in total. The van der Waals surface area contributed by atoms with Gasteiger partial charge in [0.15, 0.2) is 5.96 Å². The molecule has 0 unspecified atom stereocenters. The molecule has 0 aromatic carbocycles. The number of aliphatic imine (C=N–C) groups is 1. The van der Waals surface area contributed by atoms with Crippen molar-refractivity contribution in [1.82, 2.24) is 30.2 Å². The predicted molar refractivity (Wildman–Crippen MR) is 82.9 cm³/mol. The van der Waals surface area contributed by atoms with Gasteiger partial charge in [-0.1, -0.05) is 0 Å². The van der Waals surface area contributed by atoms with Gasteiger partial charge in [0.25, 0.3) is 0 Å². The van der Waals surface area contributed by atoms with Gasteiger partial charge in [-0.25, -0.2) is 4.99 Å². The molecule has 2 aromatic rings. The first-order valence-electron chi connectivity index (χ1n) is 7.26. The van der Waals surface area contributed by atoms with Gasteiger partial charge < -0.3 is 10.6 Å². The summed E-state index contributed by atoms with van der Waals surface area (Å²) in [6.07, 6.45) is 6.56. The molecule has 0 aliphatic carbocycles. The van der Waals surface area contributed by atoms with Crippen LogP contribution in [0.4, 0.5) is 0 Å². The number of aryl methyl sites for hydroxylation is 2. The quantitative estimate of drug-likeness (QED) is 0.448. The third-order valence-corrected chi connectivity index (χ3v) is 3.08. The molecule has 7 heteroatoms. The normalized spacial score (nSPS) is 11.6. The van der Waals surface area contributed by atoms with Crippen LogP contribution < -0.4 is 10.6 Å². The van der Waals surface area contributed by atoms with Gasteiger partial charge in [0.1, 0.15) is 0 Å². The van der Waals surface area contributed by atoms with Crippen molar-refractivity contribution in [3.63, 3.8) is 0 Å². The topological polar surface area (TPSA) is 72.1 Å². The van der Waals surface area contributed by atoms with Crippen LogP contribution in [0.25, 0.3) is 0 Å². The summed E-state index contributed by atoms with van der Waals surface area (Å²) >= 11 is 0. The Bertz CT molecular complexity index is 541. The molecule has 21 heavy (non-hydrogen) atoms. The second kappa shape index (κ2) is 8.08. The molecule has 0 radical (unpaired) electrons. The number of hydrogen-bond acceptors (Lipinski definition) is 3. The fourth-order valence-electron chi connectivity index (χ4n) is 1.94. The summed E-state index contributed by atoms with van der Waals surface area (Å²) in [5, 5.41) is 14.9. The number of rotatable bonds is 7. The van der Waals surface area contributed by atoms with Crippen molar-refractivity contribution in [1.29, 1.82) is 0 Å². The molecule has 0 aliphatic rings. The minimum Gasteiger partial charge on any atom is -0.357 e. The van der Waals surface area contributed by atoms with Gasteiger partial charge in [-0.3, -0.25) is 9.36 Å². The van der Waals surface area contributed by atoms with Crippen molar-refractivity contribution < 1.29 is 0 Å². The van der Waals surface area contributed by atoms with E-state index >= 15 is 0 Å². The average molecular weight is 289 g/mol. The van der Waals surface area contributed by atoms with Crippen molar-refractivity contribution in [2.24, 2.45) is 12.0 Å². The standard InChI is InChI=1S/C14H23N7/c1-3-15-14(17-12-13-6-9-18-20(13)2)16-7-4-10-21-11-5-8-19-21/h5-6,8-9,11H,3-4,7,10,12H2,1-2H3,(H2,15,16,17). The first-order chi connectivity index (χ1) is 10.3. The second-order valence-electron chi connectivity index (χ2n) is 4.69. The summed E-state index contributed by atoms with van der Waals surface area (Å²) in [5.74, 6) is 0.833. The molecule has 0 fully saturated rings. The minimum atomic E-state index is 0.616. The fraction of sp³-hybridized carbons (Fsp3) is 0.500. The summed E-state index contributed by atoms with van der Waals surface area (Å²) in [4.78, 5) is 4.56. The van der Waals surface area contributed by atoms with Gasteiger partial charge >= 0.3 is 0 Å². The van der Waals surface area contributed by atoms with Crippen molar-refractivity contribution in [3.8, 4) is 0 Å². The zero-order valence-electron chi connectivity index (χ0n) is 12.7. The molecule has 0 bridgehead atoms. The van der Waals surface area contributed by atoms with Crippen LogP contribution in [-0.2, 0) is 20.1 Å². The molecule has 0 saturated heterocycles. The number of nitrogens with one attached hydrogen (secondary N) is 2. The summed E-state index contributed by atoms with van der Waals surface area (Å²) in [5.41, 5.74) is 1.09. The first-order valence-corrected chi connectivity index (χ1v) is 7.26. The largest absolute Gasteiger partial charge is 0.357 e. The molecule has 0 amide bonds. The zero-order valence-corrected chi connectivity index (χ0v) is 12.7. The molecule has 0 spiro atoms. The molecule has 0 saturated carbocycles. The monoisotopic (exact) mass is 289 g/mol. The number of hydrogen-bond donors (Lipinski definition) is 2. The van der Waals surface area contributed by atoms with Crippen LogP contribution in [0.1, 0.15) is 19.0 Å². The van der Waals surface area contributed by atoms with Gasteiger partial charge in [-0.15, -0.1) is 0 Å². The first kappa shape index (κ1) is 15.1. The molecule has 7 nitrogen and oxygen atoms in total. The van der Waals surface area contributed by atoms with E-state index in [9.17, 15) is 0 Å². The van der Waals surface area contributed by atoms with E-state index < -0.39 is 0 Å². The van der Waals surface area contributed by atoms with Crippen LogP contribution in [0.3, 0.4) is 0 Å². The van der Waals surface area contributed by atoms with Gasteiger partial charge in [0.2, 0.25) is 0 Å². The van der Waals surface area contributed by atoms with Gasteiger partial charge in [-0.2, -0.15) is 10.2 Å². The van der Waals surface area contributed by atoms with E-state index in [1.54, 1.807) is 12.4 Å². The second-order valence-corrected chi connectivity index (χ2v) is 4.69. The van der Waals surface area contributed by atoms with Gasteiger partial charge in [0.05, 0.1) is 12.2 Å². The van der Waals surface area contributed by atoms with Crippen molar-refractivity contribution in [3.05, 3.63) is 36.4 Å². The van der Waals surface area contributed by atoms with E-state index in [1.165, 1.54) is 0 Å². The Kier molecular flexibility index (Phi) is 5.81. The van der Waals surface area contributed by atoms with Crippen LogP contribution in [-0.4, -0.2) is 38.6 Å². The molecule has 2 heterocycles. The lowest BCUT2D eigenvalue weighted by molar-refractivity contribution is 0.570. The maximum Gasteiger partial charge on any atom is 0.191 e. The molecular formula is C14H23N7. The highest BCUT2D eigenvalue weighted by molar-refractivity contribution is 5.79. The Labute approximate surface area is 125 Å². The maximum atomic E-state index is 4.56. The molecule has 0 atom stereocenters. The fourth-order valence-corrected chi connectivity index (χ4v) is 1.94. The highest BCUT2D eigenvalue weighted by Crippen LogP contribution is 1.98. The van der Waals surface area contributed by atoms with Gasteiger partial charge in [-0.05, 0) is 25.5 Å². The molecule has 2 aromatic heterocycles. The van der Waals surface area contributed by atoms with E-state index in [-0.39, 0.29) is 0 Å². The smallest absolute Gasteiger partial charge is 0.191 e. The highest BCUT2D eigenvalue weighted by Gasteiger charge is 2.00. The maximum absolute atomic E-state index is 4.56. The minimum absolute atomic E-state index is 0.616.